The molecular weight excluding hydrogens is 148 g/mol. The summed E-state index contributed by atoms with van der Waals surface area (Å²) in [6.45, 7) is 8.14. The van der Waals surface area contributed by atoms with E-state index in [4.69, 9.17) is 11.1 Å². The van der Waals surface area contributed by atoms with Gasteiger partial charge in [-0.25, -0.2) is 0 Å². The zero-order chi connectivity index (χ0) is 9.72. The van der Waals surface area contributed by atoms with Crippen LogP contribution in [0.2, 0.25) is 0 Å². The maximum atomic E-state index is 7.35. The third kappa shape index (κ3) is 2.91. The molecule has 0 saturated heterocycles. The molecule has 0 rings (SSSR count). The maximum Gasteiger partial charge on any atom is 0.122 e. The van der Waals surface area contributed by atoms with Crippen LogP contribution in [0.4, 0.5) is 0 Å². The predicted molar refractivity (Wildman–Crippen MR) is 54.3 cm³/mol. The number of rotatable bonds is 3. The summed E-state index contributed by atoms with van der Waals surface area (Å²) in [5, 5.41) is 7.35. The van der Waals surface area contributed by atoms with Gasteiger partial charge in [0.1, 0.15) is 5.84 Å². The van der Waals surface area contributed by atoms with Crippen molar-refractivity contribution >= 4 is 5.84 Å². The Kier molecular flexibility index (Phi) is 4.34. The van der Waals surface area contributed by atoms with Gasteiger partial charge in [0.25, 0.3) is 0 Å². The largest absolute Gasteiger partial charge is 0.384 e. The van der Waals surface area contributed by atoms with Crippen LogP contribution in [0.5, 0.6) is 0 Å². The highest BCUT2D eigenvalue weighted by Crippen LogP contribution is 2.14. The molecule has 2 heteroatoms. The highest BCUT2D eigenvalue weighted by molar-refractivity contribution is 5.97. The number of amidine groups is 1. The van der Waals surface area contributed by atoms with Crippen LogP contribution in [-0.4, -0.2) is 5.84 Å². The van der Waals surface area contributed by atoms with E-state index in [2.05, 4.69) is 13.8 Å². The monoisotopic (exact) mass is 166 g/mol. The fourth-order valence-electron chi connectivity index (χ4n) is 0.911. The topological polar surface area (TPSA) is 49.9 Å². The number of nitrogens with two attached hydrogens (primary N) is 1. The average Bonchev–Trinajstić information content (AvgIpc) is 1.98. The van der Waals surface area contributed by atoms with Gasteiger partial charge in [-0.2, -0.15) is 0 Å². The highest BCUT2D eigenvalue weighted by atomic mass is 14.7. The molecule has 0 aliphatic heterocycles. The Hall–Kier alpha value is -1.05. The van der Waals surface area contributed by atoms with Crippen LogP contribution in [0.15, 0.2) is 23.3 Å². The summed E-state index contributed by atoms with van der Waals surface area (Å²) in [4.78, 5) is 0. The van der Waals surface area contributed by atoms with Crippen LogP contribution in [0, 0.1) is 11.3 Å². The molecule has 0 spiro atoms. The predicted octanol–water partition coefficient (Wildman–Crippen LogP) is 2.47. The van der Waals surface area contributed by atoms with Crippen molar-refractivity contribution in [2.45, 2.75) is 27.7 Å². The van der Waals surface area contributed by atoms with Gasteiger partial charge in [-0.05, 0) is 19.8 Å². The van der Waals surface area contributed by atoms with E-state index in [9.17, 15) is 0 Å². The lowest BCUT2D eigenvalue weighted by Gasteiger charge is -2.10. The molecule has 0 aliphatic carbocycles. The van der Waals surface area contributed by atoms with Crippen molar-refractivity contribution in [3.05, 3.63) is 23.3 Å². The fourth-order valence-corrected chi connectivity index (χ4v) is 0.911. The Morgan fingerprint density at radius 3 is 2.17 bits per heavy atom. The van der Waals surface area contributed by atoms with E-state index in [1.54, 1.807) is 0 Å². The van der Waals surface area contributed by atoms with Gasteiger partial charge in [0.2, 0.25) is 0 Å². The highest BCUT2D eigenvalue weighted by Gasteiger charge is 2.05. The fraction of sp³-hybridized carbons (Fsp3) is 0.500. The van der Waals surface area contributed by atoms with E-state index < -0.39 is 0 Å². The third-order valence-corrected chi connectivity index (χ3v) is 1.91. The number of allylic oxidation sites excluding steroid dienone is 2. The Balaban J connectivity index is 4.93. The normalized spacial score (nSPS) is 13.8. The molecule has 0 fully saturated rings. The molecule has 68 valence electrons. The van der Waals surface area contributed by atoms with E-state index >= 15 is 0 Å². The van der Waals surface area contributed by atoms with Gasteiger partial charge in [-0.15, -0.1) is 0 Å². The van der Waals surface area contributed by atoms with Gasteiger partial charge >= 0.3 is 0 Å². The van der Waals surface area contributed by atoms with Crippen molar-refractivity contribution in [3.8, 4) is 0 Å². The third-order valence-electron chi connectivity index (χ3n) is 1.91. The molecule has 2 nitrogen and oxygen atoms in total. The van der Waals surface area contributed by atoms with Crippen LogP contribution >= 0.6 is 0 Å². The van der Waals surface area contributed by atoms with Crippen LogP contribution < -0.4 is 5.73 Å². The SMILES string of the molecule is C/C=C\C(C(=N)N)=C(/C)C(C)C. The molecule has 0 aliphatic rings. The first kappa shape index (κ1) is 11.0. The van der Waals surface area contributed by atoms with Crippen LogP contribution in [0.3, 0.4) is 0 Å². The minimum Gasteiger partial charge on any atom is -0.384 e. The standard InChI is InChI=1S/C10H18N2/c1-5-6-9(10(11)12)8(4)7(2)3/h5-7H,1-4H3,(H3,11,12)/b6-5-,9-8-. The zero-order valence-electron chi connectivity index (χ0n) is 8.31. The molecule has 0 aromatic heterocycles. The summed E-state index contributed by atoms with van der Waals surface area (Å²) in [6.07, 6.45) is 3.79. The van der Waals surface area contributed by atoms with Crippen molar-refractivity contribution in [2.75, 3.05) is 0 Å². The first-order valence-electron chi connectivity index (χ1n) is 4.18. The minimum atomic E-state index is 0.152. The molecule has 0 unspecified atom stereocenters. The smallest absolute Gasteiger partial charge is 0.122 e. The minimum absolute atomic E-state index is 0.152. The van der Waals surface area contributed by atoms with E-state index in [1.807, 2.05) is 26.0 Å². The molecule has 0 aromatic rings. The van der Waals surface area contributed by atoms with Crippen molar-refractivity contribution in [2.24, 2.45) is 11.7 Å². The summed E-state index contributed by atoms with van der Waals surface area (Å²) in [5.74, 6) is 0.597. The lowest BCUT2D eigenvalue weighted by Crippen LogP contribution is -2.14. The van der Waals surface area contributed by atoms with E-state index in [-0.39, 0.29) is 5.84 Å². The molecule has 0 atom stereocenters. The van der Waals surface area contributed by atoms with Crippen molar-refractivity contribution in [1.82, 2.24) is 0 Å². The van der Waals surface area contributed by atoms with Crippen molar-refractivity contribution in [1.29, 1.82) is 5.41 Å². The summed E-state index contributed by atoms with van der Waals surface area (Å²) in [7, 11) is 0. The van der Waals surface area contributed by atoms with E-state index in [0.29, 0.717) is 5.92 Å². The van der Waals surface area contributed by atoms with Gasteiger partial charge in [0.15, 0.2) is 0 Å². The van der Waals surface area contributed by atoms with Crippen molar-refractivity contribution in [3.63, 3.8) is 0 Å². The summed E-state index contributed by atoms with van der Waals surface area (Å²) in [5.41, 5.74) is 7.46. The molecule has 0 heterocycles. The maximum absolute atomic E-state index is 7.35. The Labute approximate surface area is 74.7 Å². The number of nitrogens with one attached hydrogen (secondary N) is 1. The zero-order valence-corrected chi connectivity index (χ0v) is 8.31. The van der Waals surface area contributed by atoms with Crippen LogP contribution in [0.1, 0.15) is 27.7 Å². The molecule has 12 heavy (non-hydrogen) atoms. The first-order valence-corrected chi connectivity index (χ1v) is 4.18. The summed E-state index contributed by atoms with van der Waals surface area (Å²) < 4.78 is 0. The molecule has 0 aromatic carbocycles. The molecule has 0 bridgehead atoms. The average molecular weight is 166 g/mol. The first-order chi connectivity index (χ1) is 5.50. The van der Waals surface area contributed by atoms with Crippen LogP contribution in [0.25, 0.3) is 0 Å². The van der Waals surface area contributed by atoms with E-state index in [0.717, 1.165) is 5.57 Å². The molecule has 0 radical (unpaired) electrons. The Bertz CT molecular complexity index is 222. The molecule has 0 saturated carbocycles. The summed E-state index contributed by atoms with van der Waals surface area (Å²) in [6, 6.07) is 0. The molecule has 3 N–H and O–H groups in total. The second-order valence-electron chi connectivity index (χ2n) is 3.17. The van der Waals surface area contributed by atoms with E-state index in [1.165, 1.54) is 5.57 Å². The second kappa shape index (κ2) is 4.75. The van der Waals surface area contributed by atoms with Gasteiger partial charge in [-0.1, -0.05) is 31.6 Å². The van der Waals surface area contributed by atoms with Gasteiger partial charge in [0, 0.05) is 5.57 Å². The van der Waals surface area contributed by atoms with Crippen LogP contribution in [-0.2, 0) is 0 Å². The Morgan fingerprint density at radius 2 is 1.92 bits per heavy atom. The quantitative estimate of drug-likeness (QED) is 0.377. The molecular formula is C10H18N2. The van der Waals surface area contributed by atoms with Crippen molar-refractivity contribution < 1.29 is 0 Å². The number of hydrogen-bond acceptors (Lipinski definition) is 1. The van der Waals surface area contributed by atoms with Gasteiger partial charge in [0.05, 0.1) is 0 Å². The summed E-state index contributed by atoms with van der Waals surface area (Å²) >= 11 is 0. The Morgan fingerprint density at radius 1 is 1.42 bits per heavy atom. The second-order valence-corrected chi connectivity index (χ2v) is 3.17. The van der Waals surface area contributed by atoms with Gasteiger partial charge in [-0.3, -0.25) is 5.41 Å². The lowest BCUT2D eigenvalue weighted by atomic mass is 9.98. The lowest BCUT2D eigenvalue weighted by molar-refractivity contribution is 0.765. The number of hydrogen-bond donors (Lipinski definition) is 2. The molecule has 0 amide bonds. The van der Waals surface area contributed by atoms with Gasteiger partial charge < -0.3 is 5.73 Å².